The summed E-state index contributed by atoms with van der Waals surface area (Å²) >= 11 is 0. The van der Waals surface area contributed by atoms with Crippen molar-refractivity contribution in [3.63, 3.8) is 0 Å². The number of aromatic nitrogens is 2. The van der Waals surface area contributed by atoms with Gasteiger partial charge in [-0.15, -0.1) is 0 Å². The molecule has 1 aliphatic rings. The Morgan fingerprint density at radius 2 is 1.83 bits per heavy atom. The summed E-state index contributed by atoms with van der Waals surface area (Å²) in [5, 5.41) is 0. The van der Waals surface area contributed by atoms with Crippen molar-refractivity contribution in [3.8, 4) is 0 Å². The first kappa shape index (κ1) is 20.1. The van der Waals surface area contributed by atoms with Crippen molar-refractivity contribution in [1.82, 2.24) is 14.5 Å². The summed E-state index contributed by atoms with van der Waals surface area (Å²) in [5.74, 6) is -0.306. The van der Waals surface area contributed by atoms with Crippen LogP contribution in [0.5, 0.6) is 0 Å². The molecule has 0 saturated carbocycles. The highest BCUT2D eigenvalue weighted by molar-refractivity contribution is 5.97. The number of H-pyrrole nitrogens is 1. The van der Waals surface area contributed by atoms with Gasteiger partial charge in [0.2, 0.25) is 5.91 Å². The number of carbonyl (C=O) groups is 1. The number of halogens is 1. The van der Waals surface area contributed by atoms with Gasteiger partial charge in [0.05, 0.1) is 11.0 Å². The smallest absolute Gasteiger partial charge is 0.326 e. The number of imidazole rings is 1. The van der Waals surface area contributed by atoms with E-state index in [9.17, 15) is 14.0 Å². The third kappa shape index (κ3) is 3.58. The molecule has 1 N–H and O–H groups in total. The van der Waals surface area contributed by atoms with Gasteiger partial charge in [-0.3, -0.25) is 9.36 Å². The van der Waals surface area contributed by atoms with Gasteiger partial charge in [-0.25, -0.2) is 9.18 Å². The number of piperidine rings is 1. The lowest BCUT2D eigenvalue weighted by Gasteiger charge is -2.32. The fraction of sp³-hybridized carbons (Fsp3) is 0.333. The van der Waals surface area contributed by atoms with Crippen LogP contribution in [0, 0.1) is 19.7 Å². The quantitative estimate of drug-likeness (QED) is 0.656. The lowest BCUT2D eigenvalue weighted by molar-refractivity contribution is -0.128. The molecule has 6 heteroatoms. The molecule has 0 unspecified atom stereocenters. The second-order valence-corrected chi connectivity index (χ2v) is 8.07. The Morgan fingerprint density at radius 3 is 2.57 bits per heavy atom. The van der Waals surface area contributed by atoms with E-state index in [4.69, 9.17) is 0 Å². The van der Waals surface area contributed by atoms with Crippen molar-refractivity contribution in [1.29, 1.82) is 0 Å². The molecule has 3 aromatic rings. The van der Waals surface area contributed by atoms with Crippen LogP contribution in [0.1, 0.15) is 42.5 Å². The van der Waals surface area contributed by atoms with E-state index in [1.54, 1.807) is 26.0 Å². The van der Waals surface area contributed by atoms with Gasteiger partial charge in [0.15, 0.2) is 0 Å². The number of likely N-dealkylation sites (tertiary alicyclic amines) is 1. The molecule has 0 atom stereocenters. The SMILES string of the molecule is C/C(=C\c1c(C)ccc(F)c1C)C(=O)N1CCC(n2c(=O)[nH]c3ccccc32)CC1. The van der Waals surface area contributed by atoms with Crippen LogP contribution in [0.25, 0.3) is 17.1 Å². The Kier molecular flexibility index (Phi) is 5.33. The zero-order valence-electron chi connectivity index (χ0n) is 17.5. The first-order valence-corrected chi connectivity index (χ1v) is 10.3. The minimum absolute atomic E-state index is 0.0391. The topological polar surface area (TPSA) is 58.1 Å². The molecular weight excluding hydrogens is 381 g/mol. The molecule has 1 amide bonds. The number of hydrogen-bond acceptors (Lipinski definition) is 2. The molecule has 0 radical (unpaired) electrons. The van der Waals surface area contributed by atoms with Crippen molar-refractivity contribution in [2.24, 2.45) is 0 Å². The summed E-state index contributed by atoms with van der Waals surface area (Å²) in [6.07, 6.45) is 3.23. The van der Waals surface area contributed by atoms with Crippen molar-refractivity contribution in [2.45, 2.75) is 39.7 Å². The maximum absolute atomic E-state index is 13.9. The second kappa shape index (κ2) is 7.94. The first-order chi connectivity index (χ1) is 14.4. The van der Waals surface area contributed by atoms with Gasteiger partial charge >= 0.3 is 5.69 Å². The van der Waals surface area contributed by atoms with Crippen LogP contribution in [0.3, 0.4) is 0 Å². The third-order valence-corrected chi connectivity index (χ3v) is 6.11. The number of aryl methyl sites for hydroxylation is 1. The average molecular weight is 407 g/mol. The van der Waals surface area contributed by atoms with E-state index in [1.807, 2.05) is 40.7 Å². The second-order valence-electron chi connectivity index (χ2n) is 8.07. The number of aromatic amines is 1. The highest BCUT2D eigenvalue weighted by Gasteiger charge is 2.26. The van der Waals surface area contributed by atoms with Gasteiger partial charge in [-0.2, -0.15) is 0 Å². The number of rotatable bonds is 3. The van der Waals surface area contributed by atoms with Crippen LogP contribution >= 0.6 is 0 Å². The van der Waals surface area contributed by atoms with Gasteiger partial charge < -0.3 is 9.88 Å². The fourth-order valence-electron chi connectivity index (χ4n) is 4.35. The van der Waals surface area contributed by atoms with Gasteiger partial charge in [-0.1, -0.05) is 18.2 Å². The molecule has 1 saturated heterocycles. The molecule has 5 nitrogen and oxygen atoms in total. The summed E-state index contributed by atoms with van der Waals surface area (Å²) < 4.78 is 15.8. The van der Waals surface area contributed by atoms with Gasteiger partial charge in [0.1, 0.15) is 5.82 Å². The standard InChI is InChI=1S/C24H26FN3O2/c1-15-8-9-20(25)17(3)19(15)14-16(2)23(29)27-12-10-18(11-13-27)28-22-7-5-4-6-21(22)26-24(28)30/h4-9,14,18H,10-13H2,1-3H3,(H,26,30)/b16-14+. The van der Waals surface area contributed by atoms with Crippen LogP contribution in [0.2, 0.25) is 0 Å². The van der Waals surface area contributed by atoms with Crippen LogP contribution in [0.4, 0.5) is 4.39 Å². The molecule has 1 aromatic heterocycles. The van der Waals surface area contributed by atoms with Crippen LogP contribution < -0.4 is 5.69 Å². The molecular formula is C24H26FN3O2. The monoisotopic (exact) mass is 407 g/mol. The van der Waals surface area contributed by atoms with Crippen LogP contribution in [-0.4, -0.2) is 33.4 Å². The van der Waals surface area contributed by atoms with Crippen LogP contribution in [-0.2, 0) is 4.79 Å². The Hall–Kier alpha value is -3.15. The van der Waals surface area contributed by atoms with E-state index in [2.05, 4.69) is 4.98 Å². The van der Waals surface area contributed by atoms with Crippen molar-refractivity contribution in [3.05, 3.63) is 75.0 Å². The first-order valence-electron chi connectivity index (χ1n) is 10.3. The van der Waals surface area contributed by atoms with E-state index >= 15 is 0 Å². The summed E-state index contributed by atoms with van der Waals surface area (Å²) in [4.78, 5) is 30.1. The number of fused-ring (bicyclic) bond motifs is 1. The molecule has 1 fully saturated rings. The number of amides is 1. The van der Waals surface area contributed by atoms with E-state index in [0.717, 1.165) is 35.0 Å². The predicted molar refractivity (Wildman–Crippen MR) is 117 cm³/mol. The largest absolute Gasteiger partial charge is 0.339 e. The zero-order chi connectivity index (χ0) is 21.4. The Bertz CT molecular complexity index is 1200. The molecule has 1 aliphatic heterocycles. The Labute approximate surface area is 174 Å². The molecule has 156 valence electrons. The Balaban J connectivity index is 1.50. The summed E-state index contributed by atoms with van der Waals surface area (Å²) in [6, 6.07) is 10.9. The van der Waals surface area contributed by atoms with Crippen molar-refractivity contribution < 1.29 is 9.18 Å². The molecule has 0 spiro atoms. The summed E-state index contributed by atoms with van der Waals surface area (Å²) in [5.41, 5.74) is 4.49. The van der Waals surface area contributed by atoms with E-state index in [1.165, 1.54) is 6.07 Å². The minimum atomic E-state index is -0.267. The molecule has 2 aromatic carbocycles. The number of carbonyl (C=O) groups excluding carboxylic acids is 1. The van der Waals surface area contributed by atoms with Crippen LogP contribution in [0.15, 0.2) is 46.8 Å². The van der Waals surface area contributed by atoms with Gasteiger partial charge in [0, 0.05) is 24.7 Å². The van der Waals surface area contributed by atoms with Gasteiger partial charge in [0.25, 0.3) is 0 Å². The maximum Gasteiger partial charge on any atom is 0.326 e. The Morgan fingerprint density at radius 1 is 1.13 bits per heavy atom. The van der Waals surface area contributed by atoms with Crippen molar-refractivity contribution in [2.75, 3.05) is 13.1 Å². The van der Waals surface area contributed by atoms with Gasteiger partial charge in [-0.05, 0) is 74.6 Å². The minimum Gasteiger partial charge on any atom is -0.339 e. The number of para-hydroxylation sites is 2. The predicted octanol–water partition coefficient (Wildman–Crippen LogP) is 4.35. The molecule has 4 rings (SSSR count). The summed E-state index contributed by atoms with van der Waals surface area (Å²) in [7, 11) is 0. The molecule has 0 bridgehead atoms. The highest BCUT2D eigenvalue weighted by Crippen LogP contribution is 2.26. The third-order valence-electron chi connectivity index (χ3n) is 6.11. The number of nitrogens with zero attached hydrogens (tertiary/aromatic N) is 2. The van der Waals surface area contributed by atoms with Crippen molar-refractivity contribution >= 4 is 23.0 Å². The lowest BCUT2D eigenvalue weighted by Crippen LogP contribution is -2.40. The number of benzene rings is 2. The maximum atomic E-state index is 13.9. The normalized spacial score (nSPS) is 15.7. The lowest BCUT2D eigenvalue weighted by atomic mass is 9.99. The molecule has 30 heavy (non-hydrogen) atoms. The van der Waals surface area contributed by atoms with E-state index in [0.29, 0.717) is 24.2 Å². The zero-order valence-corrected chi connectivity index (χ0v) is 17.5. The highest BCUT2D eigenvalue weighted by atomic mass is 19.1. The fourth-order valence-corrected chi connectivity index (χ4v) is 4.35. The average Bonchev–Trinajstić information content (AvgIpc) is 3.09. The summed E-state index contributed by atoms with van der Waals surface area (Å²) in [6.45, 7) is 6.60. The van der Waals surface area contributed by atoms with E-state index < -0.39 is 0 Å². The number of nitrogens with one attached hydrogen (secondary N) is 1. The molecule has 0 aliphatic carbocycles. The van der Waals surface area contributed by atoms with E-state index in [-0.39, 0.29) is 23.5 Å². The number of hydrogen-bond donors (Lipinski definition) is 1. The molecule has 2 heterocycles.